The van der Waals surface area contributed by atoms with Gasteiger partial charge in [0.05, 0.1) is 18.1 Å². The van der Waals surface area contributed by atoms with Gasteiger partial charge in [-0.25, -0.2) is 13.8 Å². The van der Waals surface area contributed by atoms with E-state index in [0.717, 1.165) is 28.7 Å². The molecule has 0 atom stereocenters. The van der Waals surface area contributed by atoms with Crippen LogP contribution in [-0.2, 0) is 6.42 Å². The van der Waals surface area contributed by atoms with Crippen molar-refractivity contribution in [2.24, 2.45) is 0 Å². The molecule has 1 aliphatic carbocycles. The summed E-state index contributed by atoms with van der Waals surface area (Å²) in [5.41, 5.74) is 10.1. The molecule has 0 saturated carbocycles. The fourth-order valence-corrected chi connectivity index (χ4v) is 3.75. The van der Waals surface area contributed by atoms with E-state index in [-0.39, 0.29) is 31.9 Å². The third-order valence-corrected chi connectivity index (χ3v) is 5.33. The fraction of sp³-hybridized carbons (Fsp3) is 0.300. The van der Waals surface area contributed by atoms with E-state index in [0.29, 0.717) is 17.4 Å². The Morgan fingerprint density at radius 2 is 1.93 bits per heavy atom. The highest BCUT2D eigenvalue weighted by atomic mass is 19.3. The van der Waals surface area contributed by atoms with E-state index in [2.05, 4.69) is 21.3 Å². The maximum Gasteiger partial charge on any atom is 0.313 e. The molecule has 3 heterocycles. The Kier molecular flexibility index (Phi) is 4.04. The average Bonchev–Trinajstić information content (AvgIpc) is 3.34. The maximum atomic E-state index is 13.5. The number of fused-ring (bicyclic) bond motifs is 1. The molecule has 7 nitrogen and oxygen atoms in total. The van der Waals surface area contributed by atoms with E-state index in [1.54, 1.807) is 12.4 Å². The number of piperidine rings is 1. The van der Waals surface area contributed by atoms with Gasteiger partial charge in [0, 0.05) is 37.1 Å². The molecule has 1 aliphatic heterocycles. The minimum absolute atomic E-state index is 0.0157. The number of nitrogens with zero attached hydrogens (tertiary/aromatic N) is 5. The second kappa shape index (κ2) is 6.61. The Balaban J connectivity index is 1.45. The van der Waals surface area contributed by atoms with Gasteiger partial charge in [0.25, 0.3) is 5.92 Å². The normalized spacial score (nSPS) is 17.9. The molecule has 0 bridgehead atoms. The number of alkyl halides is 2. The Labute approximate surface area is 165 Å². The van der Waals surface area contributed by atoms with E-state index < -0.39 is 5.92 Å². The summed E-state index contributed by atoms with van der Waals surface area (Å²) in [5, 5.41) is 7.64. The summed E-state index contributed by atoms with van der Waals surface area (Å²) in [4.78, 5) is 10.9. The first-order valence-corrected chi connectivity index (χ1v) is 9.36. The molecule has 1 saturated heterocycles. The Morgan fingerprint density at radius 1 is 1.10 bits per heavy atom. The molecular formula is C20H18F2N6O. The number of benzene rings is 1. The van der Waals surface area contributed by atoms with E-state index in [1.165, 1.54) is 0 Å². The third-order valence-electron chi connectivity index (χ3n) is 5.33. The zero-order valence-electron chi connectivity index (χ0n) is 15.5. The number of hydrogen-bond acceptors (Lipinski definition) is 7. The van der Waals surface area contributed by atoms with Crippen LogP contribution in [-0.4, -0.2) is 39.2 Å². The van der Waals surface area contributed by atoms with E-state index in [9.17, 15) is 8.78 Å². The molecule has 5 rings (SSSR count). The molecule has 0 amide bonds. The fourth-order valence-electron chi connectivity index (χ4n) is 3.75. The lowest BCUT2D eigenvalue weighted by Crippen LogP contribution is -2.39. The monoisotopic (exact) mass is 396 g/mol. The predicted molar refractivity (Wildman–Crippen MR) is 103 cm³/mol. The van der Waals surface area contributed by atoms with Gasteiger partial charge in [-0.3, -0.25) is 4.98 Å². The summed E-state index contributed by atoms with van der Waals surface area (Å²) in [6.07, 6.45) is 5.86. The first kappa shape index (κ1) is 17.7. The second-order valence-corrected chi connectivity index (χ2v) is 7.24. The van der Waals surface area contributed by atoms with E-state index in [4.69, 9.17) is 15.1 Å². The van der Waals surface area contributed by atoms with E-state index >= 15 is 0 Å². The Morgan fingerprint density at radius 3 is 2.69 bits per heavy atom. The number of rotatable bonds is 3. The Bertz CT molecular complexity index is 1100. The molecule has 1 fully saturated rings. The molecule has 0 radical (unpaired) electrons. The molecule has 3 aromatic rings. The number of nitrogen functional groups attached to an aromatic ring is 1. The number of halogens is 2. The van der Waals surface area contributed by atoms with Gasteiger partial charge in [0.1, 0.15) is 5.82 Å². The summed E-state index contributed by atoms with van der Waals surface area (Å²) < 4.78 is 32.3. The van der Waals surface area contributed by atoms with Crippen molar-refractivity contribution < 1.29 is 13.2 Å². The molecule has 1 aromatic carbocycles. The van der Waals surface area contributed by atoms with Gasteiger partial charge in [0.2, 0.25) is 5.89 Å². The molecule has 0 unspecified atom stereocenters. The maximum absolute atomic E-state index is 13.5. The zero-order chi connectivity index (χ0) is 20.0. The van der Waals surface area contributed by atoms with Crippen LogP contribution in [0.2, 0.25) is 0 Å². The average molecular weight is 396 g/mol. The van der Waals surface area contributed by atoms with Crippen molar-refractivity contribution >= 4 is 17.4 Å². The number of nitrogens with two attached hydrogens (primary N) is 1. The highest BCUT2D eigenvalue weighted by Crippen LogP contribution is 2.36. The minimum atomic E-state index is -2.59. The lowest BCUT2D eigenvalue weighted by Gasteiger charge is -2.32. The summed E-state index contributed by atoms with van der Waals surface area (Å²) in [6.45, 7) is 0.535. The summed E-state index contributed by atoms with van der Waals surface area (Å²) >= 11 is 0. The second-order valence-electron chi connectivity index (χ2n) is 7.24. The van der Waals surface area contributed by atoms with Gasteiger partial charge in [-0.1, -0.05) is 17.2 Å². The smallest absolute Gasteiger partial charge is 0.313 e. The van der Waals surface area contributed by atoms with Gasteiger partial charge in [-0.15, -0.1) is 5.10 Å². The molecule has 2 aromatic heterocycles. The SMILES string of the molecule is Nc1nnc(-c2ccc3c(c2)C(c2cncc(N4CCC(F)(F)CC4)n2)=CC3)o1. The van der Waals surface area contributed by atoms with Crippen LogP contribution in [0.4, 0.5) is 20.6 Å². The predicted octanol–water partition coefficient (Wildman–Crippen LogP) is 3.33. The van der Waals surface area contributed by atoms with Crippen LogP contribution in [0.5, 0.6) is 0 Å². The zero-order valence-corrected chi connectivity index (χ0v) is 15.5. The largest absolute Gasteiger partial charge is 0.404 e. The van der Waals surface area contributed by atoms with Gasteiger partial charge in [0.15, 0.2) is 0 Å². The summed E-state index contributed by atoms with van der Waals surface area (Å²) in [7, 11) is 0. The van der Waals surface area contributed by atoms with Crippen LogP contribution in [0.3, 0.4) is 0 Å². The van der Waals surface area contributed by atoms with Crippen molar-refractivity contribution in [3.8, 4) is 11.5 Å². The van der Waals surface area contributed by atoms with Crippen molar-refractivity contribution in [2.75, 3.05) is 23.7 Å². The van der Waals surface area contributed by atoms with E-state index in [1.807, 2.05) is 23.1 Å². The first-order chi connectivity index (χ1) is 14.0. The quantitative estimate of drug-likeness (QED) is 0.726. The van der Waals surface area contributed by atoms with Gasteiger partial charge >= 0.3 is 6.01 Å². The van der Waals surface area contributed by atoms with Crippen molar-refractivity contribution in [2.45, 2.75) is 25.2 Å². The summed E-state index contributed by atoms with van der Waals surface area (Å²) in [6, 6.07) is 5.91. The molecule has 2 N–H and O–H groups in total. The molecule has 2 aliphatic rings. The minimum Gasteiger partial charge on any atom is -0.404 e. The Hall–Kier alpha value is -3.36. The molecule has 9 heteroatoms. The van der Waals surface area contributed by atoms with Crippen LogP contribution in [0.25, 0.3) is 17.0 Å². The van der Waals surface area contributed by atoms with Crippen molar-refractivity contribution in [1.29, 1.82) is 0 Å². The van der Waals surface area contributed by atoms with Crippen LogP contribution in [0.1, 0.15) is 29.7 Å². The number of hydrogen-bond donors (Lipinski definition) is 1. The van der Waals surface area contributed by atoms with Crippen molar-refractivity contribution in [1.82, 2.24) is 20.2 Å². The van der Waals surface area contributed by atoms with Gasteiger partial charge in [-0.05, 0) is 29.7 Å². The summed E-state index contributed by atoms with van der Waals surface area (Å²) in [5.74, 6) is -1.62. The third kappa shape index (κ3) is 3.32. The molecule has 0 spiro atoms. The van der Waals surface area contributed by atoms with Crippen molar-refractivity contribution in [3.63, 3.8) is 0 Å². The van der Waals surface area contributed by atoms with Gasteiger partial charge < -0.3 is 15.1 Å². The highest BCUT2D eigenvalue weighted by molar-refractivity contribution is 5.85. The van der Waals surface area contributed by atoms with Crippen molar-refractivity contribution in [3.05, 3.63) is 53.5 Å². The van der Waals surface area contributed by atoms with Crippen LogP contribution < -0.4 is 10.6 Å². The highest BCUT2D eigenvalue weighted by Gasteiger charge is 2.34. The topological polar surface area (TPSA) is 94.0 Å². The molecular weight excluding hydrogens is 378 g/mol. The number of aromatic nitrogens is 4. The van der Waals surface area contributed by atoms with Crippen LogP contribution in [0, 0.1) is 0 Å². The number of allylic oxidation sites excluding steroid dienone is 1. The van der Waals surface area contributed by atoms with Gasteiger partial charge in [-0.2, -0.15) is 0 Å². The molecule has 148 valence electrons. The molecule has 29 heavy (non-hydrogen) atoms. The number of anilines is 2. The standard InChI is InChI=1S/C20H18F2N6O/c21-20(22)5-7-28(8-6-20)17-11-24-10-16(25-17)14-4-3-12-1-2-13(9-15(12)14)18-26-27-19(23)29-18/h1-2,4,9-11H,3,5-8H2,(H2,23,27). The first-order valence-electron chi connectivity index (χ1n) is 9.36. The van der Waals surface area contributed by atoms with Crippen LogP contribution in [0.15, 0.2) is 41.1 Å². The lowest BCUT2D eigenvalue weighted by atomic mass is 10.0. The van der Waals surface area contributed by atoms with Crippen LogP contribution >= 0.6 is 0 Å². The lowest BCUT2D eigenvalue weighted by molar-refractivity contribution is -0.0221.